The fraction of sp³-hybridized carbons (Fsp3) is 0.444. The zero-order valence-electron chi connectivity index (χ0n) is 15.5. The molecule has 154 valence electrons. The van der Waals surface area contributed by atoms with E-state index < -0.39 is 60.2 Å². The summed E-state index contributed by atoms with van der Waals surface area (Å²) in [6, 6.07) is 1.07. The molecule has 0 aliphatic rings. The maximum atomic E-state index is 13.7. The normalized spacial score (nSPS) is 12.6. The highest BCUT2D eigenvalue weighted by molar-refractivity contribution is 5.93. The molecule has 2 atom stereocenters. The third kappa shape index (κ3) is 6.93. The SMILES string of the molecule is CCOC(=O)C[C@H](C(=O)OCC)[C@@H](NC(=O)Cc1ccc(F)cc1F)C(N)=O. The molecule has 28 heavy (non-hydrogen) atoms. The molecule has 1 aromatic carbocycles. The van der Waals surface area contributed by atoms with Gasteiger partial charge in [0.15, 0.2) is 0 Å². The van der Waals surface area contributed by atoms with Crippen LogP contribution < -0.4 is 11.1 Å². The number of hydrogen-bond acceptors (Lipinski definition) is 6. The maximum absolute atomic E-state index is 13.7. The molecular formula is C18H22F2N2O6. The lowest BCUT2D eigenvalue weighted by Crippen LogP contribution is -2.52. The molecule has 0 unspecified atom stereocenters. The third-order valence-electron chi connectivity index (χ3n) is 3.67. The van der Waals surface area contributed by atoms with Crippen molar-refractivity contribution in [3.63, 3.8) is 0 Å². The summed E-state index contributed by atoms with van der Waals surface area (Å²) in [5.74, 6) is -6.83. The molecule has 10 heteroatoms. The minimum Gasteiger partial charge on any atom is -0.466 e. The van der Waals surface area contributed by atoms with Crippen LogP contribution in [0.4, 0.5) is 8.78 Å². The van der Waals surface area contributed by atoms with Gasteiger partial charge in [0.2, 0.25) is 11.8 Å². The number of carbonyl (C=O) groups is 4. The van der Waals surface area contributed by atoms with Gasteiger partial charge >= 0.3 is 11.9 Å². The predicted molar refractivity (Wildman–Crippen MR) is 92.6 cm³/mol. The van der Waals surface area contributed by atoms with E-state index in [1.54, 1.807) is 6.92 Å². The van der Waals surface area contributed by atoms with E-state index in [4.69, 9.17) is 15.2 Å². The summed E-state index contributed by atoms with van der Waals surface area (Å²) in [4.78, 5) is 48.0. The Morgan fingerprint density at radius 3 is 2.29 bits per heavy atom. The summed E-state index contributed by atoms with van der Waals surface area (Å²) in [5, 5.41) is 2.21. The predicted octanol–water partition coefficient (Wildman–Crippen LogP) is 0.610. The number of benzene rings is 1. The van der Waals surface area contributed by atoms with Gasteiger partial charge in [-0.15, -0.1) is 0 Å². The van der Waals surface area contributed by atoms with E-state index in [0.29, 0.717) is 6.07 Å². The van der Waals surface area contributed by atoms with Crippen LogP contribution in [0.25, 0.3) is 0 Å². The molecule has 0 heterocycles. The van der Waals surface area contributed by atoms with Crippen molar-refractivity contribution in [2.45, 2.75) is 32.7 Å². The molecule has 0 saturated heterocycles. The number of hydrogen-bond donors (Lipinski definition) is 2. The first-order valence-corrected chi connectivity index (χ1v) is 8.54. The first-order valence-electron chi connectivity index (χ1n) is 8.54. The Labute approximate surface area is 160 Å². The van der Waals surface area contributed by atoms with Crippen LogP contribution in [0.15, 0.2) is 18.2 Å². The zero-order chi connectivity index (χ0) is 21.3. The number of nitrogens with one attached hydrogen (secondary N) is 1. The van der Waals surface area contributed by atoms with Crippen LogP contribution >= 0.6 is 0 Å². The molecule has 3 N–H and O–H groups in total. The second-order valence-electron chi connectivity index (χ2n) is 5.73. The van der Waals surface area contributed by atoms with E-state index in [9.17, 15) is 28.0 Å². The third-order valence-corrected chi connectivity index (χ3v) is 3.67. The van der Waals surface area contributed by atoms with Gasteiger partial charge in [-0.05, 0) is 25.5 Å². The van der Waals surface area contributed by atoms with Gasteiger partial charge in [-0.2, -0.15) is 0 Å². The van der Waals surface area contributed by atoms with E-state index in [1.165, 1.54) is 6.92 Å². The molecule has 1 aromatic rings. The number of esters is 2. The molecule has 0 spiro atoms. The van der Waals surface area contributed by atoms with Gasteiger partial charge in [0.1, 0.15) is 17.7 Å². The van der Waals surface area contributed by atoms with Crippen LogP contribution in [0.2, 0.25) is 0 Å². The summed E-state index contributed by atoms with van der Waals surface area (Å²) >= 11 is 0. The van der Waals surface area contributed by atoms with Crippen molar-refractivity contribution in [2.75, 3.05) is 13.2 Å². The van der Waals surface area contributed by atoms with Gasteiger partial charge < -0.3 is 20.5 Å². The quantitative estimate of drug-likeness (QED) is 0.555. The van der Waals surface area contributed by atoms with Gasteiger partial charge in [-0.1, -0.05) is 6.07 Å². The van der Waals surface area contributed by atoms with Crippen molar-refractivity contribution in [3.05, 3.63) is 35.4 Å². The lowest BCUT2D eigenvalue weighted by atomic mass is 9.95. The molecule has 0 aliphatic heterocycles. The van der Waals surface area contributed by atoms with Crippen LogP contribution in [-0.4, -0.2) is 43.0 Å². The van der Waals surface area contributed by atoms with E-state index in [0.717, 1.165) is 12.1 Å². The fourth-order valence-electron chi connectivity index (χ4n) is 2.42. The van der Waals surface area contributed by atoms with Crippen molar-refractivity contribution < 1.29 is 37.4 Å². The van der Waals surface area contributed by atoms with Crippen LogP contribution in [0.1, 0.15) is 25.8 Å². The Morgan fingerprint density at radius 1 is 1.11 bits per heavy atom. The molecule has 0 bridgehead atoms. The smallest absolute Gasteiger partial charge is 0.312 e. The average molecular weight is 400 g/mol. The standard InChI is InChI=1S/C18H22F2N2O6/c1-3-27-15(24)9-12(18(26)28-4-2)16(17(21)25)22-14(23)7-10-5-6-11(19)8-13(10)20/h5-6,8,12,16H,3-4,7,9H2,1-2H3,(H2,21,25)(H,22,23)/t12-,16+/m0/s1. The molecule has 8 nitrogen and oxygen atoms in total. The molecule has 0 aromatic heterocycles. The molecule has 0 aliphatic carbocycles. The Balaban J connectivity index is 2.98. The Morgan fingerprint density at radius 2 is 1.75 bits per heavy atom. The second kappa shape index (κ2) is 11.0. The monoisotopic (exact) mass is 400 g/mol. The van der Waals surface area contributed by atoms with Crippen LogP contribution in [0.3, 0.4) is 0 Å². The molecule has 0 saturated carbocycles. The summed E-state index contributed by atoms with van der Waals surface area (Å²) in [5.41, 5.74) is 5.15. The summed E-state index contributed by atoms with van der Waals surface area (Å²) < 4.78 is 36.3. The highest BCUT2D eigenvalue weighted by atomic mass is 19.1. The molecular weight excluding hydrogens is 378 g/mol. The van der Waals surface area contributed by atoms with Crippen molar-refractivity contribution in [1.29, 1.82) is 0 Å². The minimum atomic E-state index is -1.58. The van der Waals surface area contributed by atoms with Crippen molar-refractivity contribution >= 4 is 23.8 Å². The van der Waals surface area contributed by atoms with Crippen molar-refractivity contribution in [2.24, 2.45) is 11.7 Å². The van der Waals surface area contributed by atoms with Gasteiger partial charge in [0, 0.05) is 6.07 Å². The van der Waals surface area contributed by atoms with Crippen LogP contribution in [-0.2, 0) is 35.1 Å². The topological polar surface area (TPSA) is 125 Å². The summed E-state index contributed by atoms with van der Waals surface area (Å²) in [6.45, 7) is 3.10. The van der Waals surface area contributed by atoms with Crippen molar-refractivity contribution in [1.82, 2.24) is 5.32 Å². The lowest BCUT2D eigenvalue weighted by Gasteiger charge is -2.23. The Bertz CT molecular complexity index is 741. The van der Waals surface area contributed by atoms with Gasteiger partial charge in [-0.3, -0.25) is 19.2 Å². The number of amides is 2. The first kappa shape index (κ1) is 23.0. The highest BCUT2D eigenvalue weighted by Gasteiger charge is 2.37. The van der Waals surface area contributed by atoms with Crippen LogP contribution in [0, 0.1) is 17.6 Å². The Kier molecular flexibility index (Phi) is 9.00. The van der Waals surface area contributed by atoms with Gasteiger partial charge in [0.25, 0.3) is 0 Å². The lowest BCUT2D eigenvalue weighted by molar-refractivity contribution is -0.157. The van der Waals surface area contributed by atoms with Crippen LogP contribution in [0.5, 0.6) is 0 Å². The number of rotatable bonds is 10. The molecule has 0 fully saturated rings. The van der Waals surface area contributed by atoms with E-state index in [1.807, 2.05) is 0 Å². The van der Waals surface area contributed by atoms with Gasteiger partial charge in [0.05, 0.1) is 32.0 Å². The van der Waals surface area contributed by atoms with Crippen molar-refractivity contribution in [3.8, 4) is 0 Å². The maximum Gasteiger partial charge on any atom is 0.312 e. The van der Waals surface area contributed by atoms with E-state index in [-0.39, 0.29) is 18.8 Å². The van der Waals surface area contributed by atoms with E-state index >= 15 is 0 Å². The fourth-order valence-corrected chi connectivity index (χ4v) is 2.42. The minimum absolute atomic E-state index is 0.0294. The number of halogens is 2. The first-order chi connectivity index (χ1) is 13.2. The Hall–Kier alpha value is -3.04. The van der Waals surface area contributed by atoms with Gasteiger partial charge in [-0.25, -0.2) is 8.78 Å². The zero-order valence-corrected chi connectivity index (χ0v) is 15.5. The number of ether oxygens (including phenoxy) is 2. The molecule has 1 rings (SSSR count). The number of nitrogens with two attached hydrogens (primary N) is 1. The number of carbonyl (C=O) groups excluding carboxylic acids is 4. The summed E-state index contributed by atoms with van der Waals surface area (Å²) in [6.07, 6.45) is -1.09. The number of primary amides is 1. The average Bonchev–Trinajstić information content (AvgIpc) is 2.60. The summed E-state index contributed by atoms with van der Waals surface area (Å²) in [7, 11) is 0. The van der Waals surface area contributed by atoms with E-state index in [2.05, 4.69) is 5.32 Å². The highest BCUT2D eigenvalue weighted by Crippen LogP contribution is 2.15. The molecule has 2 amide bonds. The molecule has 0 radical (unpaired) electrons. The largest absolute Gasteiger partial charge is 0.466 e. The second-order valence-corrected chi connectivity index (χ2v) is 5.73.